The molecule has 3 rings (SSSR count). The van der Waals surface area contributed by atoms with Crippen molar-refractivity contribution < 1.29 is 14.0 Å². The van der Waals surface area contributed by atoms with Crippen molar-refractivity contribution >= 4 is 11.8 Å². The Kier molecular flexibility index (Phi) is 4.18. The van der Waals surface area contributed by atoms with Crippen molar-refractivity contribution in [3.8, 4) is 0 Å². The van der Waals surface area contributed by atoms with Crippen LogP contribution in [0.25, 0.3) is 0 Å². The summed E-state index contributed by atoms with van der Waals surface area (Å²) in [5.41, 5.74) is -0.725. The summed E-state index contributed by atoms with van der Waals surface area (Å²) in [5.74, 6) is 0.123. The van der Waals surface area contributed by atoms with Crippen molar-refractivity contribution in [1.82, 2.24) is 10.2 Å². The van der Waals surface area contributed by atoms with Crippen LogP contribution in [0.5, 0.6) is 0 Å². The molecule has 1 aliphatic heterocycles. The van der Waals surface area contributed by atoms with Gasteiger partial charge in [0.1, 0.15) is 18.3 Å². The number of carbonyl (C=O) groups is 2. The lowest BCUT2D eigenvalue weighted by molar-refractivity contribution is -0.158. The largest absolute Gasteiger partial charge is 0.340 e. The van der Waals surface area contributed by atoms with Gasteiger partial charge in [0.15, 0.2) is 0 Å². The molecule has 4 nitrogen and oxygen atoms in total. The molecule has 2 aliphatic carbocycles. The third kappa shape index (κ3) is 2.55. The van der Waals surface area contributed by atoms with Crippen molar-refractivity contribution in [2.45, 2.75) is 69.4 Å². The predicted octanol–water partition coefficient (Wildman–Crippen LogP) is 2.18. The summed E-state index contributed by atoms with van der Waals surface area (Å²) in [6, 6.07) is -0.445. The lowest BCUT2D eigenvalue weighted by atomic mass is 9.79. The van der Waals surface area contributed by atoms with Gasteiger partial charge in [-0.3, -0.25) is 9.59 Å². The standard InChI is InChI=1S/C16H25FN2O2/c17-10-11-19-13(12-6-2-1-3-7-12)14(20)18-16(15(19)21)8-4-5-9-16/h12-13H,1-11H2,(H,18,20). The number of rotatable bonds is 3. The summed E-state index contributed by atoms with van der Waals surface area (Å²) < 4.78 is 13.0. The van der Waals surface area contributed by atoms with Crippen LogP contribution in [0, 0.1) is 5.92 Å². The molecule has 0 aromatic carbocycles. The molecule has 1 unspecified atom stereocenters. The first-order chi connectivity index (χ1) is 10.2. The fourth-order valence-electron chi connectivity index (χ4n) is 4.47. The van der Waals surface area contributed by atoms with Crippen molar-refractivity contribution in [1.29, 1.82) is 0 Å². The Labute approximate surface area is 125 Å². The number of alkyl halides is 1. The number of piperazine rings is 1. The molecule has 1 heterocycles. The summed E-state index contributed by atoms with van der Waals surface area (Å²) in [6.07, 6.45) is 8.70. The predicted molar refractivity (Wildman–Crippen MR) is 77.4 cm³/mol. The molecule has 0 aromatic heterocycles. The Morgan fingerprint density at radius 3 is 2.38 bits per heavy atom. The quantitative estimate of drug-likeness (QED) is 0.868. The van der Waals surface area contributed by atoms with Gasteiger partial charge in [0.25, 0.3) is 0 Å². The van der Waals surface area contributed by atoms with Gasteiger partial charge in [0.05, 0.1) is 0 Å². The highest BCUT2D eigenvalue weighted by Crippen LogP contribution is 2.38. The van der Waals surface area contributed by atoms with Crippen molar-refractivity contribution in [3.05, 3.63) is 0 Å². The first kappa shape index (κ1) is 14.8. The maximum absolute atomic E-state index is 13.0. The maximum Gasteiger partial charge on any atom is 0.249 e. The molecule has 21 heavy (non-hydrogen) atoms. The topological polar surface area (TPSA) is 49.4 Å². The normalized spacial score (nSPS) is 30.0. The molecule has 0 aromatic rings. The summed E-state index contributed by atoms with van der Waals surface area (Å²) in [5, 5.41) is 3.02. The highest BCUT2D eigenvalue weighted by Gasteiger charge is 2.53. The smallest absolute Gasteiger partial charge is 0.249 e. The molecule has 1 spiro atoms. The zero-order chi connectivity index (χ0) is 14.9. The van der Waals surface area contributed by atoms with Crippen LogP contribution in [0.3, 0.4) is 0 Å². The van der Waals surface area contributed by atoms with Crippen LogP contribution >= 0.6 is 0 Å². The third-order valence-electron chi connectivity index (χ3n) is 5.52. The second-order valence-electron chi connectivity index (χ2n) is 6.81. The van der Waals surface area contributed by atoms with E-state index < -0.39 is 18.3 Å². The molecule has 0 bridgehead atoms. The first-order valence-electron chi connectivity index (χ1n) is 8.37. The van der Waals surface area contributed by atoms with Crippen molar-refractivity contribution in [2.24, 2.45) is 5.92 Å². The van der Waals surface area contributed by atoms with E-state index in [1.807, 2.05) is 0 Å². The minimum atomic E-state index is -0.725. The van der Waals surface area contributed by atoms with Crippen molar-refractivity contribution in [3.63, 3.8) is 0 Å². The summed E-state index contributed by atoms with van der Waals surface area (Å²) >= 11 is 0. The Hall–Kier alpha value is -1.13. The van der Waals surface area contributed by atoms with E-state index in [2.05, 4.69) is 5.32 Å². The molecule has 0 radical (unpaired) electrons. The van der Waals surface area contributed by atoms with Crippen LogP contribution in [-0.4, -0.2) is 41.5 Å². The number of nitrogens with one attached hydrogen (secondary N) is 1. The number of halogens is 1. The molecule has 3 fully saturated rings. The molecule has 1 saturated heterocycles. The molecule has 2 amide bonds. The zero-order valence-electron chi connectivity index (χ0n) is 12.6. The lowest BCUT2D eigenvalue weighted by Gasteiger charge is -2.47. The molecule has 1 N–H and O–H groups in total. The monoisotopic (exact) mass is 296 g/mol. The molecule has 2 saturated carbocycles. The van der Waals surface area contributed by atoms with E-state index in [0.29, 0.717) is 12.8 Å². The lowest BCUT2D eigenvalue weighted by Crippen LogP contribution is -2.71. The van der Waals surface area contributed by atoms with Crippen molar-refractivity contribution in [2.75, 3.05) is 13.2 Å². The molecule has 118 valence electrons. The van der Waals surface area contributed by atoms with Gasteiger partial charge in [-0.15, -0.1) is 0 Å². The number of amides is 2. The van der Waals surface area contributed by atoms with E-state index >= 15 is 0 Å². The second-order valence-corrected chi connectivity index (χ2v) is 6.81. The van der Waals surface area contributed by atoms with Crippen LogP contribution in [0.1, 0.15) is 57.8 Å². The molecule has 3 aliphatic rings. The minimum Gasteiger partial charge on any atom is -0.340 e. The summed E-state index contributed by atoms with van der Waals surface area (Å²) in [7, 11) is 0. The van der Waals surface area contributed by atoms with Gasteiger partial charge in [-0.05, 0) is 31.6 Å². The highest BCUT2D eigenvalue weighted by molar-refractivity contribution is 6.00. The van der Waals surface area contributed by atoms with E-state index in [1.165, 1.54) is 6.42 Å². The van der Waals surface area contributed by atoms with Gasteiger partial charge in [0.2, 0.25) is 11.8 Å². The number of hydrogen-bond acceptors (Lipinski definition) is 2. The Balaban J connectivity index is 1.85. The van der Waals surface area contributed by atoms with E-state index in [9.17, 15) is 14.0 Å². The van der Waals surface area contributed by atoms with Crippen LogP contribution in [0.4, 0.5) is 4.39 Å². The second kappa shape index (κ2) is 5.93. The van der Waals surface area contributed by atoms with Gasteiger partial charge in [-0.1, -0.05) is 32.1 Å². The fraction of sp³-hybridized carbons (Fsp3) is 0.875. The Bertz CT molecular complexity index is 415. The highest BCUT2D eigenvalue weighted by atomic mass is 19.1. The fourth-order valence-corrected chi connectivity index (χ4v) is 4.47. The van der Waals surface area contributed by atoms with Gasteiger partial charge in [0, 0.05) is 6.54 Å². The van der Waals surface area contributed by atoms with Gasteiger partial charge >= 0.3 is 0 Å². The molecular weight excluding hydrogens is 271 g/mol. The third-order valence-corrected chi connectivity index (χ3v) is 5.52. The van der Waals surface area contributed by atoms with Crippen LogP contribution in [0.2, 0.25) is 0 Å². The zero-order valence-corrected chi connectivity index (χ0v) is 12.6. The number of carbonyl (C=O) groups excluding carboxylic acids is 2. The van der Waals surface area contributed by atoms with Crippen LogP contribution in [0.15, 0.2) is 0 Å². The van der Waals surface area contributed by atoms with Gasteiger partial charge in [-0.25, -0.2) is 4.39 Å². The van der Waals surface area contributed by atoms with E-state index in [4.69, 9.17) is 0 Å². The number of hydrogen-bond donors (Lipinski definition) is 1. The average molecular weight is 296 g/mol. The van der Waals surface area contributed by atoms with Gasteiger partial charge in [-0.2, -0.15) is 0 Å². The summed E-state index contributed by atoms with van der Waals surface area (Å²) in [4.78, 5) is 27.1. The minimum absolute atomic E-state index is 0.0344. The Morgan fingerprint density at radius 2 is 1.76 bits per heavy atom. The molecule has 1 atom stereocenters. The molecular formula is C16H25FN2O2. The van der Waals surface area contributed by atoms with Crippen LogP contribution < -0.4 is 5.32 Å². The Morgan fingerprint density at radius 1 is 1.10 bits per heavy atom. The SMILES string of the molecule is O=C1NC2(CCCC2)C(=O)N(CCF)C1C1CCCCC1. The van der Waals surface area contributed by atoms with E-state index in [0.717, 1.165) is 38.5 Å². The average Bonchev–Trinajstić information content (AvgIpc) is 2.95. The summed E-state index contributed by atoms with van der Waals surface area (Å²) in [6.45, 7) is -0.506. The maximum atomic E-state index is 13.0. The van der Waals surface area contributed by atoms with E-state index in [1.54, 1.807) is 4.90 Å². The van der Waals surface area contributed by atoms with Gasteiger partial charge < -0.3 is 10.2 Å². The van der Waals surface area contributed by atoms with E-state index in [-0.39, 0.29) is 24.3 Å². The molecule has 5 heteroatoms. The number of nitrogens with zero attached hydrogens (tertiary/aromatic N) is 1. The van der Waals surface area contributed by atoms with Crippen LogP contribution in [-0.2, 0) is 9.59 Å². The first-order valence-corrected chi connectivity index (χ1v) is 8.37.